The van der Waals surface area contributed by atoms with E-state index in [4.69, 9.17) is 9.47 Å². The Morgan fingerprint density at radius 1 is 1.12 bits per heavy atom. The Hall–Kier alpha value is -4.26. The molecule has 0 bridgehead atoms. The summed E-state index contributed by atoms with van der Waals surface area (Å²) in [5.41, 5.74) is 4.84. The Kier molecular flexibility index (Phi) is 4.20. The average molecular weight is 439 g/mol. The Morgan fingerprint density at radius 2 is 2.00 bits per heavy atom. The summed E-state index contributed by atoms with van der Waals surface area (Å²) in [5.74, 6) is 0.961. The molecule has 0 aliphatic carbocycles. The van der Waals surface area contributed by atoms with E-state index in [1.54, 1.807) is 24.4 Å². The number of phenolic OH excluding ortho intramolecular Hbond substituents is 1. The number of aromatic nitrogens is 2. The number of aromatic hydroxyl groups is 1. The van der Waals surface area contributed by atoms with E-state index in [-0.39, 0.29) is 22.9 Å². The number of fused-ring (bicyclic) bond motifs is 3. The molecule has 0 unspecified atom stereocenters. The van der Waals surface area contributed by atoms with Gasteiger partial charge in [-0.25, -0.2) is 4.98 Å². The second-order valence-corrected chi connectivity index (χ2v) is 8.30. The van der Waals surface area contributed by atoms with E-state index >= 15 is 0 Å². The maximum Gasteiger partial charge on any atom is 0.235 e. The number of allylic oxidation sites excluding steroid dienone is 1. The molecule has 1 N–H and O–H groups in total. The molecule has 0 atom stereocenters. The smallest absolute Gasteiger partial charge is 0.235 e. The van der Waals surface area contributed by atoms with Crippen LogP contribution in [0.3, 0.4) is 0 Å². The predicted molar refractivity (Wildman–Crippen MR) is 126 cm³/mol. The largest absolute Gasteiger partial charge is 0.507 e. The molecular formula is C26H21N3O4. The first kappa shape index (κ1) is 19.4. The van der Waals surface area contributed by atoms with E-state index in [0.29, 0.717) is 12.4 Å². The number of phenols is 1. The molecule has 4 aromatic rings. The van der Waals surface area contributed by atoms with E-state index in [9.17, 15) is 9.90 Å². The summed E-state index contributed by atoms with van der Waals surface area (Å²) in [6, 6.07) is 13.0. The first-order valence-electron chi connectivity index (χ1n) is 10.7. The van der Waals surface area contributed by atoms with Gasteiger partial charge in [-0.05, 0) is 47.5 Å². The number of hydrogen-bond acceptors (Lipinski definition) is 6. The van der Waals surface area contributed by atoms with Crippen LogP contribution < -0.4 is 14.4 Å². The molecule has 164 valence electrons. The SMILES string of the molecule is CN1CCOc2cc(-c3ccnc4c3c(C=C3Oc5cccc(O)c5C3=O)cn4C)ccc21. The number of carbonyl (C=O) groups excluding carboxylic acids is 1. The van der Waals surface area contributed by atoms with Crippen molar-refractivity contribution in [3.8, 4) is 28.4 Å². The number of likely N-dealkylation sites (N-methyl/N-ethyl adjacent to an activating group) is 1. The first-order chi connectivity index (χ1) is 16.0. The number of anilines is 1. The van der Waals surface area contributed by atoms with Crippen LogP contribution in [-0.4, -0.2) is 40.6 Å². The van der Waals surface area contributed by atoms with Crippen LogP contribution >= 0.6 is 0 Å². The third-order valence-electron chi connectivity index (χ3n) is 6.21. The zero-order valence-corrected chi connectivity index (χ0v) is 18.2. The lowest BCUT2D eigenvalue weighted by atomic mass is 9.99. The van der Waals surface area contributed by atoms with Crippen molar-refractivity contribution in [1.29, 1.82) is 0 Å². The van der Waals surface area contributed by atoms with Crippen molar-refractivity contribution in [2.45, 2.75) is 0 Å². The quantitative estimate of drug-likeness (QED) is 0.467. The number of ketones is 1. The number of Topliss-reactive ketones (excluding diaryl/α,β-unsaturated/α-hetero) is 1. The highest BCUT2D eigenvalue weighted by Gasteiger charge is 2.30. The predicted octanol–water partition coefficient (Wildman–Crippen LogP) is 4.39. The van der Waals surface area contributed by atoms with E-state index < -0.39 is 0 Å². The van der Waals surface area contributed by atoms with E-state index in [1.807, 2.05) is 23.9 Å². The zero-order chi connectivity index (χ0) is 22.7. The molecule has 0 radical (unpaired) electrons. The van der Waals surface area contributed by atoms with E-state index in [2.05, 4.69) is 35.1 Å². The average Bonchev–Trinajstić information content (AvgIpc) is 3.31. The van der Waals surface area contributed by atoms with Crippen molar-refractivity contribution in [3.05, 3.63) is 71.7 Å². The molecule has 2 aromatic heterocycles. The second-order valence-electron chi connectivity index (χ2n) is 8.30. The number of rotatable bonds is 2. The molecule has 0 saturated carbocycles. The molecule has 7 heteroatoms. The Bertz CT molecular complexity index is 1480. The lowest BCUT2D eigenvalue weighted by Crippen LogP contribution is -2.28. The van der Waals surface area contributed by atoms with Gasteiger partial charge in [-0.2, -0.15) is 0 Å². The number of nitrogens with zero attached hydrogens (tertiary/aromatic N) is 3. The van der Waals surface area contributed by atoms with Gasteiger partial charge < -0.3 is 24.0 Å². The molecule has 0 fully saturated rings. The molecule has 4 heterocycles. The Morgan fingerprint density at radius 3 is 2.85 bits per heavy atom. The minimum Gasteiger partial charge on any atom is -0.507 e. The first-order valence-corrected chi connectivity index (χ1v) is 10.7. The van der Waals surface area contributed by atoms with Crippen LogP contribution in [0.15, 0.2) is 60.6 Å². The van der Waals surface area contributed by atoms with Crippen molar-refractivity contribution in [1.82, 2.24) is 9.55 Å². The van der Waals surface area contributed by atoms with Gasteiger partial charge in [0.2, 0.25) is 5.78 Å². The number of benzene rings is 2. The Balaban J connectivity index is 1.50. The Labute approximate surface area is 190 Å². The normalized spacial score (nSPS) is 16.0. The summed E-state index contributed by atoms with van der Waals surface area (Å²) in [6.07, 6.45) is 5.43. The standard InChI is InChI=1S/C26H21N3O4/c1-28-10-11-32-21-12-15(6-7-18(21)28)17-8-9-27-26-23(17)16(14-29(26)2)13-22-25(31)24-19(30)4-3-5-20(24)33-22/h3-9,12-14,30H,10-11H2,1-2H3. The van der Waals surface area contributed by atoms with Crippen LogP contribution in [0.4, 0.5) is 5.69 Å². The van der Waals surface area contributed by atoms with Crippen LogP contribution in [0.1, 0.15) is 15.9 Å². The van der Waals surface area contributed by atoms with Crippen LogP contribution in [0.5, 0.6) is 17.2 Å². The molecule has 0 spiro atoms. The van der Waals surface area contributed by atoms with Crippen molar-refractivity contribution >= 4 is 28.6 Å². The number of hydrogen-bond donors (Lipinski definition) is 1. The topological polar surface area (TPSA) is 76.8 Å². The third kappa shape index (κ3) is 2.96. The minimum absolute atomic E-state index is 0.0831. The second kappa shape index (κ2) is 7.13. The van der Waals surface area contributed by atoms with Gasteiger partial charge in [0.25, 0.3) is 0 Å². The van der Waals surface area contributed by atoms with Gasteiger partial charge in [0.05, 0.1) is 12.2 Å². The molecule has 2 aliphatic rings. The maximum absolute atomic E-state index is 12.9. The summed E-state index contributed by atoms with van der Waals surface area (Å²) in [5, 5.41) is 11.0. The highest BCUT2D eigenvalue weighted by atomic mass is 16.5. The molecule has 0 saturated heterocycles. The fourth-order valence-corrected chi connectivity index (χ4v) is 4.57. The summed E-state index contributed by atoms with van der Waals surface area (Å²) in [4.78, 5) is 19.7. The fraction of sp³-hybridized carbons (Fsp3) is 0.154. The fourth-order valence-electron chi connectivity index (χ4n) is 4.57. The number of carbonyl (C=O) groups is 1. The van der Waals surface area contributed by atoms with Crippen LogP contribution in [0.25, 0.3) is 28.2 Å². The van der Waals surface area contributed by atoms with Gasteiger partial charge in [0.1, 0.15) is 35.1 Å². The number of ether oxygens (including phenoxy) is 2. The van der Waals surface area contributed by atoms with Gasteiger partial charge in [0.15, 0.2) is 5.76 Å². The molecule has 2 aromatic carbocycles. The maximum atomic E-state index is 12.9. The van der Waals surface area contributed by atoms with Crippen molar-refractivity contribution in [2.75, 3.05) is 25.1 Å². The summed E-state index contributed by atoms with van der Waals surface area (Å²) >= 11 is 0. The highest BCUT2D eigenvalue weighted by molar-refractivity contribution is 6.17. The van der Waals surface area contributed by atoms with Crippen molar-refractivity contribution in [2.24, 2.45) is 7.05 Å². The summed E-state index contributed by atoms with van der Waals surface area (Å²) < 4.78 is 13.6. The summed E-state index contributed by atoms with van der Waals surface area (Å²) in [7, 11) is 3.98. The monoisotopic (exact) mass is 439 g/mol. The van der Waals surface area contributed by atoms with Crippen LogP contribution in [0, 0.1) is 0 Å². The lowest BCUT2D eigenvalue weighted by Gasteiger charge is -2.28. The van der Waals surface area contributed by atoms with Gasteiger partial charge >= 0.3 is 0 Å². The molecule has 33 heavy (non-hydrogen) atoms. The van der Waals surface area contributed by atoms with Gasteiger partial charge in [-0.1, -0.05) is 12.1 Å². The van der Waals surface area contributed by atoms with Crippen molar-refractivity contribution < 1.29 is 19.4 Å². The molecule has 2 aliphatic heterocycles. The van der Waals surface area contributed by atoms with Gasteiger partial charge in [-0.15, -0.1) is 0 Å². The number of aryl methyl sites for hydroxylation is 1. The van der Waals surface area contributed by atoms with Crippen LogP contribution in [0.2, 0.25) is 0 Å². The molecular weight excluding hydrogens is 418 g/mol. The number of pyridine rings is 1. The summed E-state index contributed by atoms with van der Waals surface area (Å²) in [6.45, 7) is 1.50. The molecule has 7 nitrogen and oxygen atoms in total. The van der Waals surface area contributed by atoms with E-state index in [0.717, 1.165) is 45.7 Å². The lowest BCUT2D eigenvalue weighted by molar-refractivity contribution is 0.101. The van der Waals surface area contributed by atoms with Gasteiger partial charge in [0, 0.05) is 37.4 Å². The molecule has 0 amide bonds. The molecule has 6 rings (SSSR count). The highest BCUT2D eigenvalue weighted by Crippen LogP contribution is 2.40. The van der Waals surface area contributed by atoms with Crippen molar-refractivity contribution in [3.63, 3.8) is 0 Å². The van der Waals surface area contributed by atoms with Gasteiger partial charge in [-0.3, -0.25) is 4.79 Å². The zero-order valence-electron chi connectivity index (χ0n) is 18.2. The van der Waals surface area contributed by atoms with E-state index in [1.165, 1.54) is 6.07 Å². The van der Waals surface area contributed by atoms with Crippen LogP contribution in [-0.2, 0) is 7.05 Å². The third-order valence-corrected chi connectivity index (χ3v) is 6.21. The minimum atomic E-state index is -0.337.